The van der Waals surface area contributed by atoms with Crippen molar-refractivity contribution in [2.24, 2.45) is 0 Å². The Bertz CT molecular complexity index is 815. The fourth-order valence-corrected chi connectivity index (χ4v) is 4.17. The largest absolute Gasteiger partial charge is 0.375 e. The Hall–Kier alpha value is -2.00. The van der Waals surface area contributed by atoms with Gasteiger partial charge < -0.3 is 10.1 Å². The third kappa shape index (κ3) is 6.50. The Morgan fingerprint density at radius 3 is 2.79 bits per heavy atom. The van der Waals surface area contributed by atoms with Crippen molar-refractivity contribution in [3.8, 4) is 6.07 Å². The second-order valence-electron chi connectivity index (χ2n) is 8.00. The van der Waals surface area contributed by atoms with Crippen molar-refractivity contribution >= 4 is 11.6 Å². The molecule has 2 aromatic rings. The van der Waals surface area contributed by atoms with Gasteiger partial charge in [0, 0.05) is 37.2 Å². The third-order valence-corrected chi connectivity index (χ3v) is 5.97. The molecule has 1 aliphatic rings. The molecule has 6 heteroatoms. The van der Waals surface area contributed by atoms with Crippen molar-refractivity contribution in [2.45, 2.75) is 63.5 Å². The summed E-state index contributed by atoms with van der Waals surface area (Å²) in [7, 11) is 0. The minimum absolute atomic E-state index is 0.0643. The van der Waals surface area contributed by atoms with Gasteiger partial charge in [-0.25, -0.2) is 4.98 Å². The van der Waals surface area contributed by atoms with Gasteiger partial charge in [0.15, 0.2) is 5.69 Å². The molecule has 1 atom stereocenters. The Balaban J connectivity index is 1.49. The average molecular weight is 413 g/mol. The highest BCUT2D eigenvalue weighted by atomic mass is 35.5. The van der Waals surface area contributed by atoms with E-state index in [4.69, 9.17) is 21.6 Å². The molecule has 0 saturated heterocycles. The topological polar surface area (TPSA) is 70.8 Å². The molecule has 1 saturated carbocycles. The van der Waals surface area contributed by atoms with Gasteiger partial charge in [0.1, 0.15) is 6.07 Å². The zero-order valence-corrected chi connectivity index (χ0v) is 17.8. The highest BCUT2D eigenvalue weighted by Crippen LogP contribution is 2.33. The van der Waals surface area contributed by atoms with Crippen LogP contribution in [0.1, 0.15) is 68.3 Å². The minimum atomic E-state index is 0.0643. The van der Waals surface area contributed by atoms with Crippen LogP contribution in [0, 0.1) is 11.3 Å². The summed E-state index contributed by atoms with van der Waals surface area (Å²) in [6.07, 6.45) is 10.4. The Morgan fingerprint density at radius 2 is 2.10 bits per heavy atom. The summed E-state index contributed by atoms with van der Waals surface area (Å²) in [5.41, 5.74) is 2.43. The van der Waals surface area contributed by atoms with E-state index in [1.807, 2.05) is 24.4 Å². The van der Waals surface area contributed by atoms with E-state index >= 15 is 0 Å². The quantitative estimate of drug-likeness (QED) is 0.555. The molecule has 0 radical (unpaired) electrons. The molecule has 2 heterocycles. The summed E-state index contributed by atoms with van der Waals surface area (Å²) < 4.78 is 6.26. The maximum Gasteiger partial charge on any atom is 0.159 e. The number of rotatable bonds is 10. The molecule has 0 amide bonds. The highest BCUT2D eigenvalue weighted by molar-refractivity contribution is 6.31. The van der Waals surface area contributed by atoms with Gasteiger partial charge >= 0.3 is 0 Å². The van der Waals surface area contributed by atoms with E-state index in [2.05, 4.69) is 28.3 Å². The van der Waals surface area contributed by atoms with Crippen LogP contribution in [-0.2, 0) is 11.3 Å². The van der Waals surface area contributed by atoms with Crippen LogP contribution in [0.5, 0.6) is 0 Å². The molecule has 1 aliphatic carbocycles. The van der Waals surface area contributed by atoms with Crippen molar-refractivity contribution in [3.05, 3.63) is 58.6 Å². The fourth-order valence-electron chi connectivity index (χ4n) is 3.94. The van der Waals surface area contributed by atoms with Crippen molar-refractivity contribution in [2.75, 3.05) is 13.2 Å². The van der Waals surface area contributed by atoms with Crippen LogP contribution in [0.3, 0.4) is 0 Å². The van der Waals surface area contributed by atoms with Crippen LogP contribution in [0.2, 0.25) is 5.02 Å². The van der Waals surface area contributed by atoms with Crippen LogP contribution < -0.4 is 5.32 Å². The molecule has 3 rings (SSSR count). The minimum Gasteiger partial charge on any atom is -0.375 e. The van der Waals surface area contributed by atoms with E-state index in [9.17, 15) is 0 Å². The van der Waals surface area contributed by atoms with E-state index in [1.54, 1.807) is 12.3 Å². The number of nitrogens with zero attached hydrogens (tertiary/aromatic N) is 3. The third-order valence-electron chi connectivity index (χ3n) is 5.69. The lowest BCUT2D eigenvalue weighted by molar-refractivity contribution is -0.0294. The van der Waals surface area contributed by atoms with E-state index in [0.717, 1.165) is 37.3 Å². The van der Waals surface area contributed by atoms with Crippen molar-refractivity contribution in [3.63, 3.8) is 0 Å². The first-order valence-corrected chi connectivity index (χ1v) is 10.8. The number of hydrogen-bond acceptors (Lipinski definition) is 5. The second-order valence-corrected chi connectivity index (χ2v) is 8.40. The first-order valence-electron chi connectivity index (χ1n) is 10.4. The second kappa shape index (κ2) is 10.7. The van der Waals surface area contributed by atoms with Gasteiger partial charge in [-0.2, -0.15) is 5.26 Å². The molecule has 0 bridgehead atoms. The monoisotopic (exact) mass is 412 g/mol. The molecule has 0 spiro atoms. The van der Waals surface area contributed by atoms with E-state index < -0.39 is 0 Å². The zero-order valence-electron chi connectivity index (χ0n) is 17.0. The van der Waals surface area contributed by atoms with Gasteiger partial charge in [-0.15, -0.1) is 0 Å². The standard InChI is InChI=1S/C23H29ClN4O/c1-23(9-3-4-10-23)29-13-8-19(21-6-2-5-11-27-21)7-12-26-16-18-14-20(24)22(15-25)28-17-18/h2,5-6,11,14,17,19,26H,3-4,7-10,12-13,16H2,1H3. The summed E-state index contributed by atoms with van der Waals surface area (Å²) in [4.78, 5) is 8.66. The highest BCUT2D eigenvalue weighted by Gasteiger charge is 2.29. The van der Waals surface area contributed by atoms with Crippen LogP contribution in [0.25, 0.3) is 0 Å². The van der Waals surface area contributed by atoms with Gasteiger partial charge in [0.25, 0.3) is 0 Å². The average Bonchev–Trinajstić information content (AvgIpc) is 3.17. The summed E-state index contributed by atoms with van der Waals surface area (Å²) in [5.74, 6) is 0.358. The van der Waals surface area contributed by atoms with Crippen molar-refractivity contribution in [1.82, 2.24) is 15.3 Å². The van der Waals surface area contributed by atoms with Gasteiger partial charge in [-0.1, -0.05) is 30.5 Å². The SMILES string of the molecule is CC1(OCCC(CCNCc2cnc(C#N)c(Cl)c2)c2ccccn2)CCCC1. The lowest BCUT2D eigenvalue weighted by Gasteiger charge is -2.26. The Kier molecular flexibility index (Phi) is 8.00. The van der Waals surface area contributed by atoms with E-state index in [1.165, 1.54) is 25.7 Å². The fraction of sp³-hybridized carbons (Fsp3) is 0.522. The summed E-state index contributed by atoms with van der Waals surface area (Å²) in [6.45, 7) is 4.54. The molecule has 5 nitrogen and oxygen atoms in total. The number of hydrogen-bond donors (Lipinski definition) is 1. The van der Waals surface area contributed by atoms with Crippen LogP contribution in [0.4, 0.5) is 0 Å². The number of ether oxygens (including phenoxy) is 1. The van der Waals surface area contributed by atoms with Crippen molar-refractivity contribution < 1.29 is 4.74 Å². The predicted octanol–water partition coefficient (Wildman–Crippen LogP) is 5.00. The zero-order chi connectivity index (χ0) is 20.5. The summed E-state index contributed by atoms with van der Waals surface area (Å²) in [5, 5.41) is 12.8. The van der Waals surface area contributed by atoms with E-state index in [0.29, 0.717) is 17.5 Å². The van der Waals surface area contributed by atoms with Crippen LogP contribution in [-0.4, -0.2) is 28.7 Å². The normalized spacial score (nSPS) is 16.4. The molecular formula is C23H29ClN4O. The van der Waals surface area contributed by atoms with Gasteiger partial charge in [-0.05, 0) is 62.9 Å². The number of aromatic nitrogens is 2. The van der Waals surface area contributed by atoms with Crippen LogP contribution in [0.15, 0.2) is 36.7 Å². The smallest absolute Gasteiger partial charge is 0.159 e. The summed E-state index contributed by atoms with van der Waals surface area (Å²) in [6, 6.07) is 9.89. The Morgan fingerprint density at radius 1 is 1.28 bits per heavy atom. The molecule has 1 N–H and O–H groups in total. The lowest BCUT2D eigenvalue weighted by Crippen LogP contribution is -2.26. The summed E-state index contributed by atoms with van der Waals surface area (Å²) >= 11 is 6.06. The predicted molar refractivity (Wildman–Crippen MR) is 115 cm³/mol. The number of pyridine rings is 2. The van der Waals surface area contributed by atoms with Crippen molar-refractivity contribution in [1.29, 1.82) is 5.26 Å². The number of nitrogens with one attached hydrogen (secondary N) is 1. The molecule has 1 fully saturated rings. The maximum absolute atomic E-state index is 8.92. The van der Waals surface area contributed by atoms with Gasteiger partial charge in [0.2, 0.25) is 0 Å². The molecule has 0 aliphatic heterocycles. The Labute approximate surface area is 178 Å². The molecule has 0 aromatic carbocycles. The number of halogens is 1. The van der Waals surface area contributed by atoms with Gasteiger partial charge in [-0.3, -0.25) is 4.98 Å². The molecular weight excluding hydrogens is 384 g/mol. The molecule has 29 heavy (non-hydrogen) atoms. The van der Waals surface area contributed by atoms with Crippen LogP contribution >= 0.6 is 11.6 Å². The van der Waals surface area contributed by atoms with Gasteiger partial charge in [0.05, 0.1) is 10.6 Å². The molecule has 2 aromatic heterocycles. The lowest BCUT2D eigenvalue weighted by atomic mass is 9.96. The molecule has 1 unspecified atom stereocenters. The molecule has 154 valence electrons. The number of nitriles is 1. The first-order chi connectivity index (χ1) is 14.1. The van der Waals surface area contributed by atoms with E-state index in [-0.39, 0.29) is 11.3 Å². The first kappa shape index (κ1) is 21.7. The maximum atomic E-state index is 8.92.